The van der Waals surface area contributed by atoms with Crippen LogP contribution < -0.4 is 0 Å². The second-order valence-corrected chi connectivity index (χ2v) is 3.72. The number of carbonyl (C=O) groups is 1. The van der Waals surface area contributed by atoms with Crippen molar-refractivity contribution in [3.8, 4) is 6.07 Å². The van der Waals surface area contributed by atoms with Crippen molar-refractivity contribution in [3.05, 3.63) is 39.7 Å². The van der Waals surface area contributed by atoms with Crippen LogP contribution in [0.25, 0.3) is 0 Å². The highest BCUT2D eigenvalue weighted by molar-refractivity contribution is 5.94. The third kappa shape index (κ3) is 3.48. The Morgan fingerprint density at radius 2 is 2.26 bits per heavy atom. The summed E-state index contributed by atoms with van der Waals surface area (Å²) in [6.07, 6.45) is 0.170. The first-order chi connectivity index (χ1) is 9.01. The Balaban J connectivity index is 3.02. The lowest BCUT2D eigenvalue weighted by atomic mass is 10.1. The van der Waals surface area contributed by atoms with Crippen molar-refractivity contribution >= 4 is 11.6 Å². The van der Waals surface area contributed by atoms with Gasteiger partial charge in [0.2, 0.25) is 5.82 Å². The molecule has 19 heavy (non-hydrogen) atoms. The van der Waals surface area contributed by atoms with E-state index in [1.807, 2.05) is 6.07 Å². The molecule has 0 fully saturated rings. The van der Waals surface area contributed by atoms with Crippen LogP contribution in [0.3, 0.4) is 0 Å². The summed E-state index contributed by atoms with van der Waals surface area (Å²) in [6, 6.07) is 4.91. The smallest absolute Gasteiger partial charge is 0.305 e. The Hall–Kier alpha value is -2.49. The molecule has 100 valence electrons. The molecule has 0 N–H and O–H groups in total. The van der Waals surface area contributed by atoms with Crippen LogP contribution in [0.5, 0.6) is 0 Å². The molecule has 0 saturated heterocycles. The van der Waals surface area contributed by atoms with Crippen molar-refractivity contribution in [2.24, 2.45) is 0 Å². The van der Waals surface area contributed by atoms with Crippen LogP contribution in [-0.4, -0.2) is 28.8 Å². The third-order valence-electron chi connectivity index (χ3n) is 2.55. The van der Waals surface area contributed by atoms with Gasteiger partial charge in [-0.15, -0.1) is 0 Å². The van der Waals surface area contributed by atoms with Gasteiger partial charge < -0.3 is 4.90 Å². The van der Waals surface area contributed by atoms with Gasteiger partial charge in [0.1, 0.15) is 0 Å². The summed E-state index contributed by atoms with van der Waals surface area (Å²) < 4.78 is 13.2. The van der Waals surface area contributed by atoms with Crippen molar-refractivity contribution in [1.29, 1.82) is 5.26 Å². The fourth-order valence-electron chi connectivity index (χ4n) is 1.56. The first-order valence-electron chi connectivity index (χ1n) is 5.61. The first-order valence-corrected chi connectivity index (χ1v) is 5.61. The molecule has 0 aliphatic carbocycles. The van der Waals surface area contributed by atoms with Crippen LogP contribution in [0.15, 0.2) is 18.2 Å². The van der Waals surface area contributed by atoms with E-state index < -0.39 is 22.3 Å². The zero-order valence-corrected chi connectivity index (χ0v) is 10.3. The molecule has 0 spiro atoms. The van der Waals surface area contributed by atoms with E-state index in [2.05, 4.69) is 0 Å². The summed E-state index contributed by atoms with van der Waals surface area (Å²) in [6.45, 7) is 2.33. The van der Waals surface area contributed by atoms with Crippen LogP contribution >= 0.6 is 0 Å². The minimum absolute atomic E-state index is 0.0351. The van der Waals surface area contributed by atoms with Crippen LogP contribution in [0.2, 0.25) is 0 Å². The number of nitriles is 1. The second kappa shape index (κ2) is 6.44. The molecular formula is C12H12FN3O3. The van der Waals surface area contributed by atoms with Gasteiger partial charge in [0.25, 0.3) is 5.91 Å². The van der Waals surface area contributed by atoms with Crippen LogP contribution in [0.4, 0.5) is 10.1 Å². The summed E-state index contributed by atoms with van der Waals surface area (Å²) in [5.74, 6) is -1.44. The van der Waals surface area contributed by atoms with Gasteiger partial charge in [-0.3, -0.25) is 14.9 Å². The first kappa shape index (κ1) is 14.6. The van der Waals surface area contributed by atoms with E-state index >= 15 is 0 Å². The van der Waals surface area contributed by atoms with Crippen LogP contribution in [0.1, 0.15) is 23.7 Å². The van der Waals surface area contributed by atoms with Gasteiger partial charge in [-0.1, -0.05) is 0 Å². The molecule has 0 aliphatic rings. The maximum atomic E-state index is 13.2. The number of hydrogen-bond acceptors (Lipinski definition) is 4. The molecule has 0 aliphatic heterocycles. The molecule has 0 radical (unpaired) electrons. The molecule has 0 heterocycles. The quantitative estimate of drug-likeness (QED) is 0.602. The molecule has 7 heteroatoms. The summed E-state index contributed by atoms with van der Waals surface area (Å²) >= 11 is 0. The number of nitro benzene ring substituents is 1. The zero-order valence-electron chi connectivity index (χ0n) is 10.3. The van der Waals surface area contributed by atoms with Gasteiger partial charge in [-0.2, -0.15) is 9.65 Å². The normalized spacial score (nSPS) is 9.74. The fraction of sp³-hybridized carbons (Fsp3) is 0.333. The van der Waals surface area contributed by atoms with Crippen molar-refractivity contribution in [3.63, 3.8) is 0 Å². The van der Waals surface area contributed by atoms with E-state index in [0.717, 1.165) is 12.1 Å². The van der Waals surface area contributed by atoms with E-state index in [1.54, 1.807) is 6.92 Å². The number of nitro groups is 1. The Kier molecular flexibility index (Phi) is 4.94. The average molecular weight is 265 g/mol. The van der Waals surface area contributed by atoms with Crippen LogP contribution in [0, 0.1) is 27.3 Å². The number of hydrogen-bond donors (Lipinski definition) is 0. The van der Waals surface area contributed by atoms with Crippen molar-refractivity contribution in [2.45, 2.75) is 13.3 Å². The van der Waals surface area contributed by atoms with E-state index in [1.165, 1.54) is 11.0 Å². The Morgan fingerprint density at radius 1 is 1.58 bits per heavy atom. The maximum Gasteiger partial charge on any atom is 0.305 e. The maximum absolute atomic E-state index is 13.2. The molecule has 6 nitrogen and oxygen atoms in total. The number of rotatable bonds is 5. The lowest BCUT2D eigenvalue weighted by Gasteiger charge is -2.19. The molecule has 0 atom stereocenters. The Labute approximate surface area is 109 Å². The molecular weight excluding hydrogens is 253 g/mol. The third-order valence-corrected chi connectivity index (χ3v) is 2.55. The van der Waals surface area contributed by atoms with Crippen molar-refractivity contribution < 1.29 is 14.1 Å². The SMILES string of the molecule is CCN(CCC#N)C(=O)c1ccc(F)c([N+](=O)[O-])c1. The lowest BCUT2D eigenvalue weighted by Crippen LogP contribution is -2.31. The van der Waals surface area contributed by atoms with Crippen LogP contribution in [-0.2, 0) is 0 Å². The summed E-state index contributed by atoms with van der Waals surface area (Å²) in [5, 5.41) is 19.1. The molecule has 1 amide bonds. The van der Waals surface area contributed by atoms with Gasteiger partial charge in [-0.25, -0.2) is 0 Å². The Bertz CT molecular complexity index is 540. The number of halogens is 1. The largest absolute Gasteiger partial charge is 0.338 e. The Morgan fingerprint density at radius 3 is 2.79 bits per heavy atom. The van der Waals surface area contributed by atoms with Crippen molar-refractivity contribution in [1.82, 2.24) is 4.90 Å². The minimum atomic E-state index is -0.985. The highest BCUT2D eigenvalue weighted by Gasteiger charge is 2.20. The fourth-order valence-corrected chi connectivity index (χ4v) is 1.56. The number of nitrogens with zero attached hydrogens (tertiary/aromatic N) is 3. The molecule has 1 aromatic rings. The van der Waals surface area contributed by atoms with E-state index in [9.17, 15) is 19.3 Å². The predicted octanol–water partition coefficient (Wildman–Crippen LogP) is 2.11. The number of carbonyl (C=O) groups excluding carboxylic acids is 1. The molecule has 1 rings (SSSR count). The number of amides is 1. The zero-order chi connectivity index (χ0) is 14.4. The highest BCUT2D eigenvalue weighted by Crippen LogP contribution is 2.19. The summed E-state index contributed by atoms with van der Waals surface area (Å²) in [4.78, 5) is 23.1. The minimum Gasteiger partial charge on any atom is -0.338 e. The topological polar surface area (TPSA) is 87.2 Å². The van der Waals surface area contributed by atoms with E-state index in [0.29, 0.717) is 6.54 Å². The van der Waals surface area contributed by atoms with E-state index in [4.69, 9.17) is 5.26 Å². The lowest BCUT2D eigenvalue weighted by molar-refractivity contribution is -0.387. The molecule has 0 bridgehead atoms. The summed E-state index contributed by atoms with van der Waals surface area (Å²) in [5.41, 5.74) is -0.699. The van der Waals surface area contributed by atoms with Gasteiger partial charge in [0.15, 0.2) is 0 Å². The van der Waals surface area contributed by atoms with Gasteiger partial charge >= 0.3 is 5.69 Å². The van der Waals surface area contributed by atoms with E-state index in [-0.39, 0.29) is 18.5 Å². The van der Waals surface area contributed by atoms with Gasteiger partial charge in [-0.05, 0) is 19.1 Å². The molecule has 0 aromatic heterocycles. The monoisotopic (exact) mass is 265 g/mol. The van der Waals surface area contributed by atoms with Gasteiger partial charge in [0.05, 0.1) is 17.4 Å². The summed E-state index contributed by atoms with van der Waals surface area (Å²) in [7, 11) is 0. The number of benzene rings is 1. The molecule has 1 aromatic carbocycles. The standard InChI is InChI=1S/C12H12FN3O3/c1-2-15(7-3-6-14)12(17)9-4-5-10(13)11(8-9)16(18)19/h4-5,8H,2-3,7H2,1H3. The molecule has 0 unspecified atom stereocenters. The molecule has 0 saturated carbocycles. The highest BCUT2D eigenvalue weighted by atomic mass is 19.1. The second-order valence-electron chi connectivity index (χ2n) is 3.72. The average Bonchev–Trinajstić information content (AvgIpc) is 2.39. The predicted molar refractivity (Wildman–Crippen MR) is 64.9 cm³/mol. The van der Waals surface area contributed by atoms with Crippen molar-refractivity contribution in [2.75, 3.05) is 13.1 Å². The van der Waals surface area contributed by atoms with Gasteiger partial charge in [0, 0.05) is 24.7 Å².